The highest BCUT2D eigenvalue weighted by molar-refractivity contribution is 5.69. The van der Waals surface area contributed by atoms with Crippen LogP contribution in [-0.4, -0.2) is 17.6 Å². The molecule has 0 aliphatic rings. The molecular weight excluding hydrogens is 130 g/mol. The van der Waals surface area contributed by atoms with Crippen LogP contribution in [0.1, 0.15) is 20.3 Å². The van der Waals surface area contributed by atoms with Gasteiger partial charge in [0.25, 0.3) is 0 Å². The molecule has 0 aliphatic heterocycles. The van der Waals surface area contributed by atoms with E-state index in [-0.39, 0.29) is 11.8 Å². The summed E-state index contributed by atoms with van der Waals surface area (Å²) in [5, 5.41) is 8.54. The van der Waals surface area contributed by atoms with Crippen molar-refractivity contribution in [1.29, 1.82) is 0 Å². The van der Waals surface area contributed by atoms with Gasteiger partial charge in [0, 0.05) is 0 Å². The van der Waals surface area contributed by atoms with Crippen molar-refractivity contribution in [2.24, 2.45) is 17.6 Å². The van der Waals surface area contributed by atoms with Gasteiger partial charge in [-0.05, 0) is 18.9 Å². The number of hydrogen-bond acceptors (Lipinski definition) is 2. The Hall–Kier alpha value is -0.570. The Morgan fingerprint density at radius 2 is 2.10 bits per heavy atom. The van der Waals surface area contributed by atoms with Gasteiger partial charge in [-0.2, -0.15) is 0 Å². The van der Waals surface area contributed by atoms with Crippen molar-refractivity contribution in [3.05, 3.63) is 0 Å². The standard InChI is InChI=1S/C7H15NO2/c1-5(3-4-8)6(2)7(9)10/h5-6H,3-4,8H2,1-2H3,(H,9,10). The molecule has 0 radical (unpaired) electrons. The van der Waals surface area contributed by atoms with Crippen molar-refractivity contribution >= 4 is 5.97 Å². The molecule has 2 unspecified atom stereocenters. The Labute approximate surface area is 61.2 Å². The van der Waals surface area contributed by atoms with Crippen molar-refractivity contribution in [1.82, 2.24) is 0 Å². The number of carboxylic acids is 1. The van der Waals surface area contributed by atoms with E-state index in [1.165, 1.54) is 0 Å². The molecule has 0 bridgehead atoms. The van der Waals surface area contributed by atoms with Crippen LogP contribution < -0.4 is 5.73 Å². The Kier molecular flexibility index (Phi) is 4.03. The van der Waals surface area contributed by atoms with E-state index in [0.717, 1.165) is 6.42 Å². The second-order valence-electron chi connectivity index (χ2n) is 2.68. The van der Waals surface area contributed by atoms with Gasteiger partial charge in [0.05, 0.1) is 5.92 Å². The van der Waals surface area contributed by atoms with E-state index in [2.05, 4.69) is 0 Å². The summed E-state index contributed by atoms with van der Waals surface area (Å²) in [6, 6.07) is 0. The minimum Gasteiger partial charge on any atom is -0.481 e. The van der Waals surface area contributed by atoms with Crippen LogP contribution in [0.3, 0.4) is 0 Å². The predicted molar refractivity (Wildman–Crippen MR) is 39.6 cm³/mol. The zero-order chi connectivity index (χ0) is 8.15. The van der Waals surface area contributed by atoms with E-state index in [1.807, 2.05) is 6.92 Å². The molecule has 0 saturated carbocycles. The normalized spacial score (nSPS) is 16.3. The quantitative estimate of drug-likeness (QED) is 0.611. The molecule has 0 amide bonds. The summed E-state index contributed by atoms with van der Waals surface area (Å²) in [6.07, 6.45) is 0.785. The summed E-state index contributed by atoms with van der Waals surface area (Å²) in [5.74, 6) is -0.827. The van der Waals surface area contributed by atoms with Gasteiger partial charge in [-0.1, -0.05) is 13.8 Å². The molecular formula is C7H15NO2. The van der Waals surface area contributed by atoms with Crippen molar-refractivity contribution in [3.63, 3.8) is 0 Å². The van der Waals surface area contributed by atoms with Gasteiger partial charge in [-0.3, -0.25) is 4.79 Å². The minimum absolute atomic E-state index is 0.183. The van der Waals surface area contributed by atoms with Crippen molar-refractivity contribution in [2.45, 2.75) is 20.3 Å². The average Bonchev–Trinajstić information content (AvgIpc) is 1.87. The molecule has 0 aromatic carbocycles. The van der Waals surface area contributed by atoms with Gasteiger partial charge < -0.3 is 10.8 Å². The van der Waals surface area contributed by atoms with Crippen LogP contribution in [0.4, 0.5) is 0 Å². The lowest BCUT2D eigenvalue weighted by Crippen LogP contribution is -2.20. The van der Waals surface area contributed by atoms with Crippen LogP contribution >= 0.6 is 0 Å². The lowest BCUT2D eigenvalue weighted by atomic mass is 9.93. The first-order valence-electron chi connectivity index (χ1n) is 3.52. The van der Waals surface area contributed by atoms with E-state index < -0.39 is 5.97 Å². The van der Waals surface area contributed by atoms with Crippen LogP contribution in [0.25, 0.3) is 0 Å². The van der Waals surface area contributed by atoms with Gasteiger partial charge in [0.15, 0.2) is 0 Å². The fourth-order valence-corrected chi connectivity index (χ4v) is 0.756. The predicted octanol–water partition coefficient (Wildman–Crippen LogP) is 0.692. The van der Waals surface area contributed by atoms with Gasteiger partial charge >= 0.3 is 5.97 Å². The van der Waals surface area contributed by atoms with Crippen molar-refractivity contribution in [2.75, 3.05) is 6.54 Å². The summed E-state index contributed by atoms with van der Waals surface area (Å²) in [7, 11) is 0. The van der Waals surface area contributed by atoms with Gasteiger partial charge in [-0.15, -0.1) is 0 Å². The Morgan fingerprint density at radius 3 is 2.40 bits per heavy atom. The summed E-state index contributed by atoms with van der Waals surface area (Å²) in [4.78, 5) is 10.4. The maximum Gasteiger partial charge on any atom is 0.306 e. The SMILES string of the molecule is CC(CCN)C(C)C(=O)O. The second kappa shape index (κ2) is 4.28. The third-order valence-corrected chi connectivity index (χ3v) is 1.87. The first-order valence-corrected chi connectivity index (χ1v) is 3.52. The highest BCUT2D eigenvalue weighted by Gasteiger charge is 2.17. The molecule has 60 valence electrons. The van der Waals surface area contributed by atoms with E-state index in [0.29, 0.717) is 6.54 Å². The van der Waals surface area contributed by atoms with Crippen molar-refractivity contribution < 1.29 is 9.90 Å². The molecule has 0 fully saturated rings. The molecule has 0 heterocycles. The fraction of sp³-hybridized carbons (Fsp3) is 0.857. The van der Waals surface area contributed by atoms with E-state index >= 15 is 0 Å². The Morgan fingerprint density at radius 1 is 1.60 bits per heavy atom. The number of nitrogens with two attached hydrogens (primary N) is 1. The molecule has 3 heteroatoms. The Balaban J connectivity index is 3.69. The molecule has 3 N–H and O–H groups in total. The minimum atomic E-state index is -0.735. The maximum absolute atomic E-state index is 10.4. The van der Waals surface area contributed by atoms with Crippen LogP contribution in [0.5, 0.6) is 0 Å². The first kappa shape index (κ1) is 9.43. The third kappa shape index (κ3) is 2.82. The number of carboxylic acid groups (broad SMARTS) is 1. The summed E-state index contributed by atoms with van der Waals surface area (Å²) in [5.41, 5.74) is 5.27. The molecule has 10 heavy (non-hydrogen) atoms. The average molecular weight is 145 g/mol. The van der Waals surface area contributed by atoms with E-state index in [9.17, 15) is 4.79 Å². The first-order chi connectivity index (χ1) is 4.59. The number of carbonyl (C=O) groups is 1. The topological polar surface area (TPSA) is 63.3 Å². The van der Waals surface area contributed by atoms with Crippen LogP contribution in [0, 0.1) is 11.8 Å². The molecule has 0 aromatic heterocycles. The lowest BCUT2D eigenvalue weighted by molar-refractivity contribution is -0.142. The van der Waals surface area contributed by atoms with Crippen molar-refractivity contribution in [3.8, 4) is 0 Å². The van der Waals surface area contributed by atoms with Gasteiger partial charge in [0.1, 0.15) is 0 Å². The molecule has 2 atom stereocenters. The van der Waals surface area contributed by atoms with Crippen LogP contribution in [0.2, 0.25) is 0 Å². The zero-order valence-corrected chi connectivity index (χ0v) is 6.50. The molecule has 0 aromatic rings. The molecule has 0 spiro atoms. The van der Waals surface area contributed by atoms with Gasteiger partial charge in [0.2, 0.25) is 0 Å². The largest absolute Gasteiger partial charge is 0.481 e. The van der Waals surface area contributed by atoms with Crippen LogP contribution in [-0.2, 0) is 4.79 Å². The lowest BCUT2D eigenvalue weighted by Gasteiger charge is -2.13. The molecule has 0 saturated heterocycles. The van der Waals surface area contributed by atoms with E-state index in [4.69, 9.17) is 10.8 Å². The molecule has 3 nitrogen and oxygen atoms in total. The monoisotopic (exact) mass is 145 g/mol. The third-order valence-electron chi connectivity index (χ3n) is 1.87. The Bertz CT molecular complexity index is 114. The number of rotatable bonds is 4. The summed E-state index contributed by atoms with van der Waals surface area (Å²) < 4.78 is 0. The molecule has 0 rings (SSSR count). The highest BCUT2D eigenvalue weighted by atomic mass is 16.4. The number of aliphatic carboxylic acids is 1. The van der Waals surface area contributed by atoms with Gasteiger partial charge in [-0.25, -0.2) is 0 Å². The van der Waals surface area contributed by atoms with Crippen LogP contribution in [0.15, 0.2) is 0 Å². The number of hydrogen-bond donors (Lipinski definition) is 2. The summed E-state index contributed by atoms with van der Waals surface area (Å²) >= 11 is 0. The smallest absolute Gasteiger partial charge is 0.306 e. The zero-order valence-electron chi connectivity index (χ0n) is 6.50. The fourth-order valence-electron chi connectivity index (χ4n) is 0.756. The van der Waals surface area contributed by atoms with E-state index in [1.54, 1.807) is 6.92 Å². The second-order valence-corrected chi connectivity index (χ2v) is 2.68. The summed E-state index contributed by atoms with van der Waals surface area (Å²) in [6.45, 7) is 4.19. The highest BCUT2D eigenvalue weighted by Crippen LogP contribution is 2.13. The maximum atomic E-state index is 10.4. The molecule has 0 aliphatic carbocycles.